The zero-order valence-electron chi connectivity index (χ0n) is 12.4. The van der Waals surface area contributed by atoms with Crippen LogP contribution >= 0.6 is 23.2 Å². The molecule has 1 N–H and O–H groups in total. The second kappa shape index (κ2) is 6.78. The summed E-state index contributed by atoms with van der Waals surface area (Å²) >= 11 is 12.1. The quantitative estimate of drug-likeness (QED) is 0.890. The van der Waals surface area contributed by atoms with Gasteiger partial charge in [-0.1, -0.05) is 35.3 Å². The Balaban J connectivity index is 2.35. The van der Waals surface area contributed by atoms with E-state index in [0.717, 1.165) is 10.6 Å². The van der Waals surface area contributed by atoms with E-state index in [1.165, 1.54) is 25.2 Å². The molecule has 5 nitrogen and oxygen atoms in total. The molecular formula is C15H14Cl2N2O3S. The van der Waals surface area contributed by atoms with Gasteiger partial charge < -0.3 is 5.32 Å². The van der Waals surface area contributed by atoms with Crippen LogP contribution in [0, 0.1) is 0 Å². The molecule has 1 amide bonds. The highest BCUT2D eigenvalue weighted by Gasteiger charge is 2.17. The van der Waals surface area contributed by atoms with Gasteiger partial charge in [0, 0.05) is 7.05 Å². The van der Waals surface area contributed by atoms with Crippen molar-refractivity contribution < 1.29 is 13.2 Å². The molecular weight excluding hydrogens is 359 g/mol. The standard InChI is InChI=1S/C15H14Cl2N2O3S/c1-19(23(2,21)22)10-7-8-12(16)11(9-10)15(20)18-14-6-4-3-5-13(14)17/h3-9H,1-2H3,(H,18,20). The van der Waals surface area contributed by atoms with Crippen molar-refractivity contribution in [1.82, 2.24) is 0 Å². The maximum Gasteiger partial charge on any atom is 0.257 e. The highest BCUT2D eigenvalue weighted by Crippen LogP contribution is 2.26. The van der Waals surface area contributed by atoms with Crippen molar-refractivity contribution >= 4 is 50.5 Å². The molecule has 2 aromatic carbocycles. The summed E-state index contributed by atoms with van der Waals surface area (Å²) in [5, 5.41) is 3.25. The Labute approximate surface area is 144 Å². The van der Waals surface area contributed by atoms with E-state index >= 15 is 0 Å². The first-order valence-corrected chi connectivity index (χ1v) is 9.10. The van der Waals surface area contributed by atoms with Crippen LogP contribution in [0.1, 0.15) is 10.4 Å². The van der Waals surface area contributed by atoms with Gasteiger partial charge in [-0.2, -0.15) is 0 Å². The van der Waals surface area contributed by atoms with Gasteiger partial charge in [0.1, 0.15) is 0 Å². The topological polar surface area (TPSA) is 66.5 Å². The minimum Gasteiger partial charge on any atom is -0.321 e. The number of carbonyl (C=O) groups excluding carboxylic acids is 1. The third-order valence-electron chi connectivity index (χ3n) is 3.18. The number of benzene rings is 2. The largest absolute Gasteiger partial charge is 0.321 e. The fourth-order valence-electron chi connectivity index (χ4n) is 1.83. The summed E-state index contributed by atoms with van der Waals surface area (Å²) in [6.45, 7) is 0. The number of nitrogens with zero attached hydrogens (tertiary/aromatic N) is 1. The molecule has 0 aliphatic rings. The fourth-order valence-corrected chi connectivity index (χ4v) is 2.71. The molecule has 8 heteroatoms. The van der Waals surface area contributed by atoms with Crippen LogP contribution in [0.2, 0.25) is 10.0 Å². The molecule has 0 aliphatic heterocycles. The number of rotatable bonds is 4. The summed E-state index contributed by atoms with van der Waals surface area (Å²) in [7, 11) is -2.04. The zero-order valence-corrected chi connectivity index (χ0v) is 14.7. The Morgan fingerprint density at radius 1 is 1.09 bits per heavy atom. The average Bonchev–Trinajstić information content (AvgIpc) is 2.48. The van der Waals surface area contributed by atoms with Crippen LogP contribution in [-0.4, -0.2) is 27.6 Å². The van der Waals surface area contributed by atoms with E-state index in [2.05, 4.69) is 5.32 Å². The maximum absolute atomic E-state index is 12.4. The highest BCUT2D eigenvalue weighted by atomic mass is 35.5. The smallest absolute Gasteiger partial charge is 0.257 e. The Morgan fingerprint density at radius 2 is 1.74 bits per heavy atom. The van der Waals surface area contributed by atoms with Crippen LogP contribution in [-0.2, 0) is 10.0 Å². The van der Waals surface area contributed by atoms with Gasteiger partial charge in [-0.25, -0.2) is 8.42 Å². The molecule has 2 aromatic rings. The molecule has 0 bridgehead atoms. The number of amides is 1. The monoisotopic (exact) mass is 372 g/mol. The van der Waals surface area contributed by atoms with E-state index < -0.39 is 15.9 Å². The molecule has 0 aliphatic carbocycles. The van der Waals surface area contributed by atoms with Gasteiger partial charge in [0.05, 0.1) is 33.2 Å². The lowest BCUT2D eigenvalue weighted by Crippen LogP contribution is -2.25. The molecule has 0 unspecified atom stereocenters. The molecule has 122 valence electrons. The number of nitrogens with one attached hydrogen (secondary N) is 1. The van der Waals surface area contributed by atoms with Gasteiger partial charge in [0.2, 0.25) is 10.0 Å². The summed E-state index contributed by atoms with van der Waals surface area (Å²) < 4.78 is 24.3. The molecule has 0 spiro atoms. The number of hydrogen-bond acceptors (Lipinski definition) is 3. The zero-order chi connectivity index (χ0) is 17.2. The summed E-state index contributed by atoms with van der Waals surface area (Å²) in [4.78, 5) is 12.4. The van der Waals surface area contributed by atoms with Crippen molar-refractivity contribution in [3.63, 3.8) is 0 Å². The van der Waals surface area contributed by atoms with Gasteiger partial charge in [0.25, 0.3) is 5.91 Å². The lowest BCUT2D eigenvalue weighted by atomic mass is 10.1. The molecule has 0 saturated heterocycles. The molecule has 0 heterocycles. The molecule has 2 rings (SSSR count). The molecule has 23 heavy (non-hydrogen) atoms. The molecule has 0 fully saturated rings. The Hall–Kier alpha value is -1.76. The minimum atomic E-state index is -3.44. The van der Waals surface area contributed by atoms with Crippen LogP contribution in [0.5, 0.6) is 0 Å². The van der Waals surface area contributed by atoms with E-state index in [1.807, 2.05) is 0 Å². The van der Waals surface area contributed by atoms with Crippen molar-refractivity contribution in [2.24, 2.45) is 0 Å². The third kappa shape index (κ3) is 4.16. The van der Waals surface area contributed by atoms with Crippen LogP contribution in [0.15, 0.2) is 42.5 Å². The summed E-state index contributed by atoms with van der Waals surface area (Å²) in [6, 6.07) is 11.2. The lowest BCUT2D eigenvalue weighted by Gasteiger charge is -2.18. The number of para-hydroxylation sites is 1. The Morgan fingerprint density at radius 3 is 2.35 bits per heavy atom. The second-order valence-electron chi connectivity index (χ2n) is 4.83. The predicted molar refractivity (Wildman–Crippen MR) is 94.1 cm³/mol. The van der Waals surface area contributed by atoms with Crippen LogP contribution in [0.4, 0.5) is 11.4 Å². The number of sulfonamides is 1. The Bertz CT molecular complexity index is 854. The summed E-state index contributed by atoms with van der Waals surface area (Å²) in [5.74, 6) is -0.480. The van der Waals surface area contributed by atoms with Crippen LogP contribution < -0.4 is 9.62 Å². The molecule has 0 radical (unpaired) electrons. The third-order valence-corrected chi connectivity index (χ3v) is 5.04. The minimum absolute atomic E-state index is 0.152. The van der Waals surface area contributed by atoms with Crippen molar-refractivity contribution in [1.29, 1.82) is 0 Å². The van der Waals surface area contributed by atoms with E-state index in [4.69, 9.17) is 23.2 Å². The van der Waals surface area contributed by atoms with Gasteiger partial charge in [-0.3, -0.25) is 9.10 Å². The molecule has 0 atom stereocenters. The number of halogens is 2. The maximum atomic E-state index is 12.4. The second-order valence-corrected chi connectivity index (χ2v) is 7.66. The van der Waals surface area contributed by atoms with Gasteiger partial charge >= 0.3 is 0 Å². The molecule has 0 aromatic heterocycles. The lowest BCUT2D eigenvalue weighted by molar-refractivity contribution is 0.102. The highest BCUT2D eigenvalue weighted by molar-refractivity contribution is 7.92. The van der Waals surface area contributed by atoms with E-state index in [0.29, 0.717) is 16.4 Å². The van der Waals surface area contributed by atoms with E-state index in [1.54, 1.807) is 24.3 Å². The first-order valence-electron chi connectivity index (χ1n) is 6.49. The number of carbonyl (C=O) groups is 1. The summed E-state index contributed by atoms with van der Waals surface area (Å²) in [5.41, 5.74) is 0.929. The van der Waals surface area contributed by atoms with E-state index in [9.17, 15) is 13.2 Å². The molecule has 0 saturated carbocycles. The first-order chi connectivity index (χ1) is 10.7. The van der Waals surface area contributed by atoms with Crippen molar-refractivity contribution in [2.45, 2.75) is 0 Å². The van der Waals surface area contributed by atoms with Gasteiger partial charge in [0.15, 0.2) is 0 Å². The normalized spacial score (nSPS) is 11.1. The SMILES string of the molecule is CN(c1ccc(Cl)c(C(=O)Nc2ccccc2Cl)c1)S(C)(=O)=O. The fraction of sp³-hybridized carbons (Fsp3) is 0.133. The van der Waals surface area contributed by atoms with Gasteiger partial charge in [-0.05, 0) is 30.3 Å². The number of hydrogen-bond donors (Lipinski definition) is 1. The first kappa shape index (κ1) is 17.6. The van der Waals surface area contributed by atoms with Gasteiger partial charge in [-0.15, -0.1) is 0 Å². The Kier molecular flexibility index (Phi) is 5.19. The van der Waals surface area contributed by atoms with Crippen molar-refractivity contribution in [2.75, 3.05) is 22.9 Å². The average molecular weight is 373 g/mol. The van der Waals surface area contributed by atoms with E-state index in [-0.39, 0.29) is 10.6 Å². The van der Waals surface area contributed by atoms with Crippen molar-refractivity contribution in [3.05, 3.63) is 58.1 Å². The van der Waals surface area contributed by atoms with Crippen LogP contribution in [0.25, 0.3) is 0 Å². The van der Waals surface area contributed by atoms with Crippen LogP contribution in [0.3, 0.4) is 0 Å². The summed E-state index contributed by atoms with van der Waals surface area (Å²) in [6.07, 6.45) is 1.07. The predicted octanol–water partition coefficient (Wildman–Crippen LogP) is 3.64. The number of anilines is 2. The van der Waals surface area contributed by atoms with Crippen molar-refractivity contribution in [3.8, 4) is 0 Å².